The van der Waals surface area contributed by atoms with Gasteiger partial charge in [0, 0.05) is 17.9 Å². The second-order valence-corrected chi connectivity index (χ2v) is 9.99. The smallest absolute Gasteiger partial charge is 0.256 e. The molecule has 1 aromatic rings. The quantitative estimate of drug-likeness (QED) is 0.636. The van der Waals surface area contributed by atoms with E-state index in [9.17, 15) is 14.4 Å². The molecule has 0 spiro atoms. The molecule has 31 heavy (non-hydrogen) atoms. The maximum Gasteiger partial charge on any atom is 0.256 e. The van der Waals surface area contributed by atoms with Crippen LogP contribution in [0.4, 0.5) is 0 Å². The number of hydrogen-bond donors (Lipinski definition) is 2. The van der Waals surface area contributed by atoms with Crippen molar-refractivity contribution in [3.8, 4) is 0 Å². The van der Waals surface area contributed by atoms with Crippen molar-refractivity contribution in [2.75, 3.05) is 12.3 Å². The fourth-order valence-corrected chi connectivity index (χ4v) is 6.08. The van der Waals surface area contributed by atoms with Crippen LogP contribution in [0.5, 0.6) is 0 Å². The topological polar surface area (TPSA) is 78.5 Å². The SMILES string of the molecule is CC(C)[C@H](NC(=O)[C@@H]1CS[C@@H]2c3ccccc3C(=O)N21)C(=O)NCCC1=CCCCC1. The van der Waals surface area contributed by atoms with Gasteiger partial charge in [-0.15, -0.1) is 11.8 Å². The number of allylic oxidation sites excluding steroid dienone is 1. The highest BCUT2D eigenvalue weighted by molar-refractivity contribution is 7.99. The number of nitrogens with zero attached hydrogens (tertiary/aromatic N) is 1. The molecular formula is C24H31N3O3S. The van der Waals surface area contributed by atoms with Crippen LogP contribution in [0, 0.1) is 5.92 Å². The van der Waals surface area contributed by atoms with Crippen molar-refractivity contribution < 1.29 is 14.4 Å². The first-order valence-corrected chi connectivity index (χ1v) is 12.3. The minimum absolute atomic E-state index is 0.0471. The molecule has 0 bridgehead atoms. The third-order valence-electron chi connectivity index (χ3n) is 6.37. The van der Waals surface area contributed by atoms with Crippen LogP contribution < -0.4 is 10.6 Å². The highest BCUT2D eigenvalue weighted by Gasteiger charge is 2.48. The zero-order valence-corrected chi connectivity index (χ0v) is 19.0. The van der Waals surface area contributed by atoms with Crippen LogP contribution in [0.1, 0.15) is 67.2 Å². The summed E-state index contributed by atoms with van der Waals surface area (Å²) in [5.41, 5.74) is 3.06. The average molecular weight is 442 g/mol. The second kappa shape index (κ2) is 9.47. The molecule has 7 heteroatoms. The summed E-state index contributed by atoms with van der Waals surface area (Å²) >= 11 is 1.61. The molecule has 4 rings (SSSR count). The third kappa shape index (κ3) is 4.52. The Hall–Kier alpha value is -2.28. The maximum absolute atomic E-state index is 13.1. The number of benzene rings is 1. The Labute approximate surface area is 188 Å². The van der Waals surface area contributed by atoms with E-state index >= 15 is 0 Å². The van der Waals surface area contributed by atoms with E-state index in [0.29, 0.717) is 17.9 Å². The summed E-state index contributed by atoms with van der Waals surface area (Å²) in [4.78, 5) is 40.5. The zero-order chi connectivity index (χ0) is 22.0. The summed E-state index contributed by atoms with van der Waals surface area (Å²) in [6, 6.07) is 6.37. The summed E-state index contributed by atoms with van der Waals surface area (Å²) < 4.78 is 0. The molecular weight excluding hydrogens is 410 g/mol. The van der Waals surface area contributed by atoms with Crippen molar-refractivity contribution in [2.24, 2.45) is 5.92 Å². The molecule has 3 atom stereocenters. The molecule has 0 radical (unpaired) electrons. The highest BCUT2D eigenvalue weighted by Crippen LogP contribution is 2.48. The Morgan fingerprint density at radius 3 is 2.77 bits per heavy atom. The normalized spacial score (nSPS) is 23.3. The van der Waals surface area contributed by atoms with Crippen molar-refractivity contribution in [2.45, 2.75) is 63.4 Å². The van der Waals surface area contributed by atoms with Gasteiger partial charge in [-0.1, -0.05) is 43.7 Å². The number of carbonyl (C=O) groups is 3. The fourth-order valence-electron chi connectivity index (χ4n) is 4.61. The van der Waals surface area contributed by atoms with E-state index < -0.39 is 12.1 Å². The van der Waals surface area contributed by atoms with Crippen molar-refractivity contribution in [1.29, 1.82) is 0 Å². The number of fused-ring (bicyclic) bond motifs is 3. The zero-order valence-electron chi connectivity index (χ0n) is 18.2. The number of amides is 3. The van der Waals surface area contributed by atoms with E-state index in [0.717, 1.165) is 24.8 Å². The molecule has 1 aliphatic carbocycles. The molecule has 3 amide bonds. The van der Waals surface area contributed by atoms with Crippen LogP contribution in [0.2, 0.25) is 0 Å². The van der Waals surface area contributed by atoms with Gasteiger partial charge < -0.3 is 15.5 Å². The van der Waals surface area contributed by atoms with Crippen LogP contribution in [0.15, 0.2) is 35.9 Å². The van der Waals surface area contributed by atoms with Gasteiger partial charge in [0.05, 0.1) is 0 Å². The van der Waals surface area contributed by atoms with Gasteiger partial charge in [0.15, 0.2) is 0 Å². The Morgan fingerprint density at radius 1 is 1.23 bits per heavy atom. The predicted molar refractivity (Wildman–Crippen MR) is 123 cm³/mol. The summed E-state index contributed by atoms with van der Waals surface area (Å²) in [6.07, 6.45) is 7.88. The number of nitrogens with one attached hydrogen (secondary N) is 2. The van der Waals surface area contributed by atoms with Crippen molar-refractivity contribution >= 4 is 29.5 Å². The second-order valence-electron chi connectivity index (χ2n) is 8.88. The van der Waals surface area contributed by atoms with Crippen molar-refractivity contribution in [3.63, 3.8) is 0 Å². The maximum atomic E-state index is 13.1. The summed E-state index contributed by atoms with van der Waals surface area (Å²) in [6.45, 7) is 4.44. The summed E-state index contributed by atoms with van der Waals surface area (Å²) in [5, 5.41) is 5.81. The van der Waals surface area contributed by atoms with E-state index in [1.54, 1.807) is 16.7 Å². The molecule has 0 unspecified atom stereocenters. The molecule has 0 aromatic heterocycles. The lowest BCUT2D eigenvalue weighted by Crippen LogP contribution is -2.55. The van der Waals surface area contributed by atoms with E-state index in [1.807, 2.05) is 38.1 Å². The van der Waals surface area contributed by atoms with Gasteiger partial charge in [-0.25, -0.2) is 0 Å². The molecule has 6 nitrogen and oxygen atoms in total. The van der Waals surface area contributed by atoms with Gasteiger partial charge in [0.25, 0.3) is 5.91 Å². The largest absolute Gasteiger partial charge is 0.354 e. The van der Waals surface area contributed by atoms with Gasteiger partial charge in [-0.2, -0.15) is 0 Å². The average Bonchev–Trinajstić information content (AvgIpc) is 3.33. The Morgan fingerprint density at radius 2 is 2.03 bits per heavy atom. The van der Waals surface area contributed by atoms with Crippen molar-refractivity contribution in [3.05, 3.63) is 47.0 Å². The highest BCUT2D eigenvalue weighted by atomic mass is 32.2. The Kier molecular flexibility index (Phi) is 6.70. The molecule has 2 N–H and O–H groups in total. The molecule has 3 aliphatic rings. The first kappa shape index (κ1) is 21.9. The van der Waals surface area contributed by atoms with Crippen LogP contribution in [-0.4, -0.2) is 47.0 Å². The van der Waals surface area contributed by atoms with Crippen LogP contribution in [-0.2, 0) is 9.59 Å². The minimum Gasteiger partial charge on any atom is -0.354 e. The first-order chi connectivity index (χ1) is 15.0. The van der Waals surface area contributed by atoms with Gasteiger partial charge in [-0.3, -0.25) is 14.4 Å². The summed E-state index contributed by atoms with van der Waals surface area (Å²) in [7, 11) is 0. The number of rotatable bonds is 7. The Bertz CT molecular complexity index is 898. The van der Waals surface area contributed by atoms with Gasteiger partial charge >= 0.3 is 0 Å². The fraction of sp³-hybridized carbons (Fsp3) is 0.542. The third-order valence-corrected chi connectivity index (χ3v) is 7.68. The molecule has 166 valence electrons. The lowest BCUT2D eigenvalue weighted by Gasteiger charge is -2.27. The van der Waals surface area contributed by atoms with Gasteiger partial charge in [0.1, 0.15) is 17.5 Å². The molecule has 0 saturated carbocycles. The Balaban J connectivity index is 1.36. The lowest BCUT2D eigenvalue weighted by molar-refractivity contribution is -0.131. The molecule has 1 aromatic carbocycles. The number of hydrogen-bond acceptors (Lipinski definition) is 4. The van der Waals surface area contributed by atoms with Crippen LogP contribution in [0.25, 0.3) is 0 Å². The first-order valence-electron chi connectivity index (χ1n) is 11.3. The number of carbonyl (C=O) groups excluding carboxylic acids is 3. The minimum atomic E-state index is -0.614. The standard InChI is InChI=1S/C24H31N3O3S/c1-15(2)20(22(29)25-13-12-16-8-4-3-5-9-16)26-21(28)19-14-31-24-18-11-7-6-10-17(18)23(30)27(19)24/h6-8,10-11,15,19-20,24H,3-5,9,12-14H2,1-2H3,(H,25,29)(H,26,28)/t19-,20-,24+/m0/s1. The molecule has 2 heterocycles. The molecule has 1 fully saturated rings. The van der Waals surface area contributed by atoms with Gasteiger partial charge in [-0.05, 0) is 49.7 Å². The molecule has 1 saturated heterocycles. The van der Waals surface area contributed by atoms with Crippen LogP contribution >= 0.6 is 11.8 Å². The van der Waals surface area contributed by atoms with E-state index in [-0.39, 0.29) is 29.0 Å². The van der Waals surface area contributed by atoms with Crippen molar-refractivity contribution in [1.82, 2.24) is 15.5 Å². The monoisotopic (exact) mass is 441 g/mol. The van der Waals surface area contributed by atoms with E-state index in [2.05, 4.69) is 16.7 Å². The van der Waals surface area contributed by atoms with Gasteiger partial charge in [0.2, 0.25) is 11.8 Å². The molecule has 2 aliphatic heterocycles. The van der Waals surface area contributed by atoms with E-state index in [1.165, 1.54) is 18.4 Å². The lowest BCUT2D eigenvalue weighted by atomic mass is 9.97. The number of thioether (sulfide) groups is 1. The summed E-state index contributed by atoms with van der Waals surface area (Å²) in [5.74, 6) is -0.0128. The predicted octanol–water partition coefficient (Wildman–Crippen LogP) is 3.40. The van der Waals surface area contributed by atoms with Crippen LogP contribution in [0.3, 0.4) is 0 Å². The van der Waals surface area contributed by atoms with E-state index in [4.69, 9.17) is 0 Å².